The number of aliphatic hydroxyl groups excluding tert-OH is 2. The number of nitrogens with zero attached hydrogens (tertiary/aromatic N) is 2. The number of fused-ring (bicyclic) bond motifs is 4. The Balaban J connectivity index is 1.34. The Bertz CT molecular complexity index is 2560. The molecule has 1 fully saturated rings. The van der Waals surface area contributed by atoms with Crippen molar-refractivity contribution in [1.82, 2.24) is 15.3 Å². The summed E-state index contributed by atoms with van der Waals surface area (Å²) in [6, 6.07) is 3.85. The van der Waals surface area contributed by atoms with Gasteiger partial charge in [-0.1, -0.05) is 6.07 Å². The molecule has 1 aromatic heterocycles. The SMILES string of the molecule is COc1cc(=O)c2c(=O)c3c(c(=O)c=2c1=O)=C(O)C1(CCc2cc4cc(/C=N/NC(=O)CN5CCOCC5)[nH]c(=O)c4c(O)c21)C=3O. The molecule has 15 heteroatoms. The van der Waals surface area contributed by atoms with Crippen LogP contribution in [-0.2, 0) is 21.4 Å². The number of aromatic amines is 1. The molecule has 1 aliphatic heterocycles. The number of hydrogen-bond donors (Lipinski definition) is 5. The zero-order valence-electron chi connectivity index (χ0n) is 24.8. The summed E-state index contributed by atoms with van der Waals surface area (Å²) in [6.07, 6.45) is 1.24. The van der Waals surface area contributed by atoms with Gasteiger partial charge in [0.05, 0.1) is 65.0 Å². The number of phenolic OH excluding ortho intramolecular Hbond substituents is 1. The minimum absolute atomic E-state index is 0.0939. The van der Waals surface area contributed by atoms with Crippen LogP contribution >= 0.6 is 0 Å². The maximum absolute atomic E-state index is 13.6. The van der Waals surface area contributed by atoms with Crippen molar-refractivity contribution in [2.75, 3.05) is 40.0 Å². The number of aromatic nitrogens is 1. The minimum atomic E-state index is -2.00. The van der Waals surface area contributed by atoms with Crippen LogP contribution in [0.3, 0.4) is 0 Å². The number of methoxy groups -OCH3 is 1. The van der Waals surface area contributed by atoms with Gasteiger partial charge in [0, 0.05) is 24.7 Å². The Hall–Kier alpha value is -5.67. The van der Waals surface area contributed by atoms with Gasteiger partial charge in [-0.05, 0) is 29.9 Å². The Morgan fingerprint density at radius 2 is 1.68 bits per heavy atom. The van der Waals surface area contributed by atoms with Crippen molar-refractivity contribution < 1.29 is 29.6 Å². The Kier molecular flexibility index (Phi) is 6.84. The minimum Gasteiger partial charge on any atom is -0.510 e. The number of aliphatic hydroxyl groups is 2. The highest BCUT2D eigenvalue weighted by atomic mass is 16.5. The molecule has 0 radical (unpaired) electrons. The third kappa shape index (κ3) is 4.23. The van der Waals surface area contributed by atoms with E-state index in [-0.39, 0.29) is 47.3 Å². The summed E-state index contributed by atoms with van der Waals surface area (Å²) in [4.78, 5) is 82.9. The first-order chi connectivity index (χ1) is 22.5. The van der Waals surface area contributed by atoms with Crippen molar-refractivity contribution in [1.29, 1.82) is 0 Å². The lowest BCUT2D eigenvalue weighted by atomic mass is 9.78. The zero-order chi connectivity index (χ0) is 33.4. The van der Waals surface area contributed by atoms with Crippen LogP contribution in [0.4, 0.5) is 0 Å². The van der Waals surface area contributed by atoms with Gasteiger partial charge in [0.25, 0.3) is 11.5 Å². The Morgan fingerprint density at radius 1 is 1.00 bits per heavy atom. The molecule has 2 heterocycles. The normalized spacial score (nSPS) is 19.3. The largest absolute Gasteiger partial charge is 0.510 e. The van der Waals surface area contributed by atoms with Crippen LogP contribution < -0.4 is 47.9 Å². The third-order valence-corrected chi connectivity index (χ3v) is 9.14. The fourth-order valence-corrected chi connectivity index (χ4v) is 7.01. The second kappa shape index (κ2) is 10.7. The highest BCUT2D eigenvalue weighted by molar-refractivity contribution is 5.96. The molecule has 2 aromatic rings. The van der Waals surface area contributed by atoms with E-state index in [0.717, 1.165) is 13.2 Å². The van der Waals surface area contributed by atoms with Gasteiger partial charge in [0.2, 0.25) is 16.3 Å². The summed E-state index contributed by atoms with van der Waals surface area (Å²) in [5, 5.41) is 35.8. The predicted molar refractivity (Wildman–Crippen MR) is 166 cm³/mol. The molecule has 1 atom stereocenters. The molecule has 1 aromatic carbocycles. The van der Waals surface area contributed by atoms with Crippen LogP contribution in [0, 0.1) is 10.4 Å². The maximum atomic E-state index is 13.6. The molecular formula is C32H26N4O11. The van der Waals surface area contributed by atoms with Crippen LogP contribution in [0.25, 0.3) is 22.3 Å². The van der Waals surface area contributed by atoms with Gasteiger partial charge >= 0.3 is 0 Å². The summed E-state index contributed by atoms with van der Waals surface area (Å²) in [7, 11) is 1.11. The fourth-order valence-electron chi connectivity index (χ4n) is 7.01. The number of hydrogen-bond acceptors (Lipinski definition) is 13. The van der Waals surface area contributed by atoms with E-state index < -0.39 is 76.6 Å². The van der Waals surface area contributed by atoms with E-state index in [1.54, 1.807) is 6.07 Å². The van der Waals surface area contributed by atoms with Crippen LogP contribution in [0.2, 0.25) is 0 Å². The molecule has 0 bridgehead atoms. The highest BCUT2D eigenvalue weighted by Gasteiger charge is 2.53. The summed E-state index contributed by atoms with van der Waals surface area (Å²) in [5.74, 6) is -2.99. The standard InChI is InChI=1S/C32H26N4O11/c1-46-17-10-16(37)20-21(25(17)39)27(41)23-22(26(20)40)29(43)32(30(23)44)3-2-13-8-14-9-15(34-31(45)19(14)28(42)24(13)32)11-33-35-18(38)12-36-4-6-47-7-5-36/h8-11,42-44H,2-7,12H2,1H3,(H,34,45)(H,35,38)/b33-11+. The van der Waals surface area contributed by atoms with Crippen LogP contribution in [0.1, 0.15) is 23.2 Å². The van der Waals surface area contributed by atoms with Crippen LogP contribution in [-0.4, -0.2) is 77.3 Å². The molecule has 1 saturated heterocycles. The number of rotatable bonds is 5. The summed E-state index contributed by atoms with van der Waals surface area (Å²) in [5.41, 5.74) is -4.14. The zero-order valence-corrected chi connectivity index (χ0v) is 24.8. The number of aromatic hydroxyl groups is 1. The van der Waals surface area contributed by atoms with Gasteiger partial charge in [0.1, 0.15) is 22.7 Å². The van der Waals surface area contributed by atoms with Gasteiger partial charge in [-0.15, -0.1) is 0 Å². The van der Waals surface area contributed by atoms with Crippen molar-refractivity contribution in [3.8, 4) is 11.5 Å². The van der Waals surface area contributed by atoms with E-state index in [4.69, 9.17) is 9.47 Å². The lowest BCUT2D eigenvalue weighted by Crippen LogP contribution is -2.51. The summed E-state index contributed by atoms with van der Waals surface area (Å²) in [6.45, 7) is 2.42. The van der Waals surface area contributed by atoms with Crippen molar-refractivity contribution >= 4 is 34.4 Å². The topological polar surface area (TPSA) is 225 Å². The molecular weight excluding hydrogens is 616 g/mol. The maximum Gasteiger partial charge on any atom is 0.260 e. The first kappa shape index (κ1) is 30.0. The molecule has 5 aliphatic rings. The molecule has 1 spiro atoms. The van der Waals surface area contributed by atoms with E-state index in [2.05, 4.69) is 15.5 Å². The predicted octanol–water partition coefficient (Wildman–Crippen LogP) is -2.70. The summed E-state index contributed by atoms with van der Waals surface area (Å²) >= 11 is 0. The highest BCUT2D eigenvalue weighted by Crippen LogP contribution is 2.54. The first-order valence-corrected chi connectivity index (χ1v) is 14.6. The van der Waals surface area contributed by atoms with Gasteiger partial charge in [-0.3, -0.25) is 33.7 Å². The number of pyridine rings is 1. The molecule has 0 saturated carbocycles. The number of carbonyl (C=O) groups excluding carboxylic acids is 1. The molecule has 7 rings (SSSR count). The molecule has 5 N–H and O–H groups in total. The van der Waals surface area contributed by atoms with E-state index >= 15 is 0 Å². The fraction of sp³-hybridized carbons (Fsp3) is 0.281. The van der Waals surface area contributed by atoms with Crippen LogP contribution in [0.15, 0.2) is 47.3 Å². The van der Waals surface area contributed by atoms with Gasteiger partial charge < -0.3 is 29.8 Å². The quantitative estimate of drug-likeness (QED) is 0.111. The average Bonchev–Trinajstić information content (AvgIpc) is 3.53. The van der Waals surface area contributed by atoms with E-state index in [0.29, 0.717) is 31.9 Å². The second-order valence-electron chi connectivity index (χ2n) is 11.6. The average molecular weight is 643 g/mol. The molecule has 15 nitrogen and oxygen atoms in total. The molecule has 240 valence electrons. The third-order valence-electron chi connectivity index (χ3n) is 9.14. The number of nitrogens with one attached hydrogen (secondary N) is 2. The van der Waals surface area contributed by atoms with E-state index in [1.807, 2.05) is 4.90 Å². The number of hydrazone groups is 1. The molecule has 4 aliphatic carbocycles. The lowest BCUT2D eigenvalue weighted by molar-refractivity contribution is -0.123. The molecule has 1 unspecified atom stereocenters. The number of aryl methyl sites for hydroxylation is 1. The molecule has 1 amide bonds. The number of benzene rings is 1. The number of H-pyrrole nitrogens is 1. The van der Waals surface area contributed by atoms with Crippen molar-refractivity contribution in [3.05, 3.63) is 107 Å². The van der Waals surface area contributed by atoms with E-state index in [1.165, 1.54) is 12.3 Å². The lowest BCUT2D eigenvalue weighted by Gasteiger charge is -2.27. The van der Waals surface area contributed by atoms with Crippen LogP contribution in [0.5, 0.6) is 11.5 Å². The van der Waals surface area contributed by atoms with Crippen molar-refractivity contribution in [3.63, 3.8) is 0 Å². The number of carbonyl (C=O) groups is 1. The molecule has 47 heavy (non-hydrogen) atoms. The number of morpholine rings is 1. The smallest absolute Gasteiger partial charge is 0.260 e. The number of phenols is 1. The first-order valence-electron chi connectivity index (χ1n) is 14.6. The van der Waals surface area contributed by atoms with Gasteiger partial charge in [-0.2, -0.15) is 5.10 Å². The Labute approximate surface area is 261 Å². The van der Waals surface area contributed by atoms with E-state index in [9.17, 15) is 44.1 Å². The van der Waals surface area contributed by atoms with Crippen molar-refractivity contribution in [2.24, 2.45) is 5.10 Å². The number of amides is 1. The monoisotopic (exact) mass is 642 g/mol. The number of ether oxygens (including phenoxy) is 2. The summed E-state index contributed by atoms with van der Waals surface area (Å²) < 4.78 is 10.2. The van der Waals surface area contributed by atoms with Gasteiger partial charge in [0.15, 0.2) is 11.2 Å². The van der Waals surface area contributed by atoms with Gasteiger partial charge in [-0.25, -0.2) is 5.43 Å². The second-order valence-corrected chi connectivity index (χ2v) is 11.6. The van der Waals surface area contributed by atoms with Crippen molar-refractivity contribution in [2.45, 2.75) is 18.3 Å². The Morgan fingerprint density at radius 3 is 2.36 bits per heavy atom.